The van der Waals surface area contributed by atoms with Crippen LogP contribution in [0.2, 0.25) is 5.02 Å². The Morgan fingerprint density at radius 2 is 2.12 bits per heavy atom. The number of halogens is 1. The van der Waals surface area contributed by atoms with Crippen molar-refractivity contribution < 1.29 is 15.0 Å². The molecule has 88 valence electrons. The van der Waals surface area contributed by atoms with Crippen LogP contribution >= 0.6 is 11.6 Å². The Morgan fingerprint density at radius 1 is 1.44 bits per heavy atom. The van der Waals surface area contributed by atoms with Crippen molar-refractivity contribution in [3.05, 3.63) is 34.9 Å². The monoisotopic (exact) mass is 243 g/mol. The Bertz CT molecular complexity index is 357. The molecule has 0 saturated carbocycles. The summed E-state index contributed by atoms with van der Waals surface area (Å²) in [5.41, 5.74) is 0.537. The fourth-order valence-electron chi connectivity index (χ4n) is 1.36. The highest BCUT2D eigenvalue weighted by atomic mass is 35.5. The zero-order valence-electron chi connectivity index (χ0n) is 8.69. The summed E-state index contributed by atoms with van der Waals surface area (Å²) in [6.45, 7) is 0.459. The van der Waals surface area contributed by atoms with Crippen LogP contribution in [-0.4, -0.2) is 29.3 Å². The van der Waals surface area contributed by atoms with Gasteiger partial charge in [-0.3, -0.25) is 4.79 Å². The van der Waals surface area contributed by atoms with Gasteiger partial charge in [-0.2, -0.15) is 0 Å². The molecule has 0 heterocycles. The van der Waals surface area contributed by atoms with Crippen molar-refractivity contribution in [2.75, 3.05) is 13.2 Å². The van der Waals surface area contributed by atoms with Gasteiger partial charge in [0.15, 0.2) is 0 Å². The molecule has 1 aromatic carbocycles. The summed E-state index contributed by atoms with van der Waals surface area (Å²) < 4.78 is 0. The Hall–Kier alpha value is -1.10. The maximum Gasteiger partial charge on any atom is 0.325 e. The Morgan fingerprint density at radius 3 is 2.69 bits per heavy atom. The topological polar surface area (TPSA) is 69.6 Å². The van der Waals surface area contributed by atoms with Crippen molar-refractivity contribution >= 4 is 17.6 Å². The molecule has 0 aliphatic heterocycles. The van der Waals surface area contributed by atoms with Gasteiger partial charge in [-0.05, 0) is 24.6 Å². The van der Waals surface area contributed by atoms with Crippen molar-refractivity contribution in [2.45, 2.75) is 12.5 Å². The van der Waals surface area contributed by atoms with Crippen LogP contribution in [0.1, 0.15) is 18.0 Å². The first-order valence-corrected chi connectivity index (χ1v) is 5.36. The smallest absolute Gasteiger partial charge is 0.325 e. The summed E-state index contributed by atoms with van der Waals surface area (Å²) in [5.74, 6) is -0.981. The third kappa shape index (κ3) is 3.48. The van der Waals surface area contributed by atoms with Gasteiger partial charge in [0.2, 0.25) is 0 Å². The Kier molecular flexibility index (Phi) is 5.25. The lowest BCUT2D eigenvalue weighted by atomic mass is 10.1. The lowest BCUT2D eigenvalue weighted by Gasteiger charge is -2.15. The number of carbonyl (C=O) groups is 1. The molecule has 0 spiro atoms. The second-order valence-electron chi connectivity index (χ2n) is 3.32. The molecule has 0 saturated heterocycles. The van der Waals surface area contributed by atoms with E-state index in [1.807, 2.05) is 0 Å². The number of rotatable bonds is 6. The molecule has 1 rings (SSSR count). The van der Waals surface area contributed by atoms with Gasteiger partial charge in [-0.25, -0.2) is 0 Å². The highest BCUT2D eigenvalue weighted by molar-refractivity contribution is 6.31. The van der Waals surface area contributed by atoms with Crippen LogP contribution < -0.4 is 5.32 Å². The molecule has 16 heavy (non-hydrogen) atoms. The van der Waals surface area contributed by atoms with Gasteiger partial charge in [0.1, 0.15) is 6.04 Å². The minimum Gasteiger partial charge on any atom is -0.480 e. The Labute approximate surface area is 98.9 Å². The molecule has 0 bridgehead atoms. The van der Waals surface area contributed by atoms with Crippen LogP contribution in [-0.2, 0) is 4.79 Å². The summed E-state index contributed by atoms with van der Waals surface area (Å²) in [6.07, 6.45) is 0.508. The van der Waals surface area contributed by atoms with Crippen molar-refractivity contribution in [3.8, 4) is 0 Å². The second kappa shape index (κ2) is 6.48. The first-order chi connectivity index (χ1) is 7.66. The number of carboxylic acids is 1. The highest BCUT2D eigenvalue weighted by Crippen LogP contribution is 2.22. The van der Waals surface area contributed by atoms with E-state index >= 15 is 0 Å². The van der Waals surface area contributed by atoms with E-state index in [9.17, 15) is 4.79 Å². The first-order valence-electron chi connectivity index (χ1n) is 4.98. The third-order valence-corrected chi connectivity index (χ3v) is 2.49. The lowest BCUT2D eigenvalue weighted by Crippen LogP contribution is -2.29. The van der Waals surface area contributed by atoms with Gasteiger partial charge in [-0.15, -0.1) is 0 Å². The molecule has 0 fully saturated rings. The molecular formula is C11H14ClNO3. The van der Waals surface area contributed by atoms with Crippen LogP contribution in [0.25, 0.3) is 0 Å². The summed E-state index contributed by atoms with van der Waals surface area (Å²) in [4.78, 5) is 11.1. The number of carboxylic acid groups (broad SMARTS) is 1. The molecule has 4 nitrogen and oxygen atoms in total. The fraction of sp³-hybridized carbons (Fsp3) is 0.364. The fourth-order valence-corrected chi connectivity index (χ4v) is 1.61. The molecule has 1 unspecified atom stereocenters. The lowest BCUT2D eigenvalue weighted by molar-refractivity contribution is -0.139. The molecule has 3 N–H and O–H groups in total. The molecule has 5 heteroatoms. The number of benzene rings is 1. The molecule has 1 atom stereocenters. The van der Waals surface area contributed by atoms with Crippen LogP contribution in [0.3, 0.4) is 0 Å². The van der Waals surface area contributed by atoms with Gasteiger partial charge in [0.05, 0.1) is 0 Å². The van der Waals surface area contributed by atoms with Crippen molar-refractivity contribution in [1.29, 1.82) is 0 Å². The number of nitrogens with one attached hydrogen (secondary N) is 1. The zero-order chi connectivity index (χ0) is 12.0. The molecule has 0 aliphatic rings. The first kappa shape index (κ1) is 13.0. The molecular weight excluding hydrogens is 230 g/mol. The van der Waals surface area contributed by atoms with E-state index < -0.39 is 12.0 Å². The average molecular weight is 244 g/mol. The van der Waals surface area contributed by atoms with Gasteiger partial charge in [0, 0.05) is 11.6 Å². The second-order valence-corrected chi connectivity index (χ2v) is 3.73. The van der Waals surface area contributed by atoms with Gasteiger partial charge in [0.25, 0.3) is 0 Å². The summed E-state index contributed by atoms with van der Waals surface area (Å²) in [7, 11) is 0. The van der Waals surface area contributed by atoms with E-state index in [4.69, 9.17) is 21.8 Å². The predicted molar refractivity (Wildman–Crippen MR) is 61.5 cm³/mol. The van der Waals surface area contributed by atoms with E-state index in [-0.39, 0.29) is 6.61 Å². The van der Waals surface area contributed by atoms with Crippen LogP contribution in [0.15, 0.2) is 24.3 Å². The SMILES string of the molecule is O=C(O)C(NCCCO)c1ccccc1Cl. The number of aliphatic carboxylic acids is 1. The Balaban J connectivity index is 2.78. The minimum absolute atomic E-state index is 0.0296. The maximum absolute atomic E-state index is 11.1. The van der Waals surface area contributed by atoms with Crippen LogP contribution in [0, 0.1) is 0 Å². The predicted octanol–water partition coefficient (Wildman–Crippen LogP) is 1.44. The maximum atomic E-state index is 11.1. The number of aliphatic hydroxyl groups is 1. The van der Waals surface area contributed by atoms with Gasteiger partial charge in [-0.1, -0.05) is 29.8 Å². The minimum atomic E-state index is -0.981. The largest absolute Gasteiger partial charge is 0.480 e. The van der Waals surface area contributed by atoms with Crippen LogP contribution in [0.4, 0.5) is 0 Å². The van der Waals surface area contributed by atoms with E-state index in [1.54, 1.807) is 24.3 Å². The molecule has 1 aromatic rings. The third-order valence-electron chi connectivity index (χ3n) is 2.15. The normalized spacial score (nSPS) is 12.4. The average Bonchev–Trinajstić information content (AvgIpc) is 2.25. The summed E-state index contributed by atoms with van der Waals surface area (Å²) >= 11 is 5.92. The zero-order valence-corrected chi connectivity index (χ0v) is 9.44. The van der Waals surface area contributed by atoms with Crippen molar-refractivity contribution in [2.24, 2.45) is 0 Å². The van der Waals surface area contributed by atoms with Crippen molar-refractivity contribution in [1.82, 2.24) is 5.32 Å². The van der Waals surface area contributed by atoms with E-state index in [0.717, 1.165) is 0 Å². The van der Waals surface area contributed by atoms with E-state index in [0.29, 0.717) is 23.6 Å². The van der Waals surface area contributed by atoms with Crippen molar-refractivity contribution in [3.63, 3.8) is 0 Å². The van der Waals surface area contributed by atoms with Gasteiger partial charge < -0.3 is 15.5 Å². The molecule has 0 aromatic heterocycles. The van der Waals surface area contributed by atoms with Gasteiger partial charge >= 0.3 is 5.97 Å². The quantitative estimate of drug-likeness (QED) is 0.662. The molecule has 0 radical (unpaired) electrons. The summed E-state index contributed by atoms with van der Waals surface area (Å²) in [5, 5.41) is 21.0. The summed E-state index contributed by atoms with van der Waals surface area (Å²) in [6, 6.07) is 5.98. The molecule has 0 aliphatic carbocycles. The highest BCUT2D eigenvalue weighted by Gasteiger charge is 2.20. The van der Waals surface area contributed by atoms with E-state index in [1.165, 1.54) is 0 Å². The number of aliphatic hydroxyl groups excluding tert-OH is 1. The molecule has 0 amide bonds. The number of hydrogen-bond acceptors (Lipinski definition) is 3. The van der Waals surface area contributed by atoms with Crippen LogP contribution in [0.5, 0.6) is 0 Å². The standard InChI is InChI=1S/C11H14ClNO3/c12-9-5-2-1-4-8(9)10(11(15)16)13-6-3-7-14/h1-2,4-5,10,13-14H,3,6-7H2,(H,15,16). The van der Waals surface area contributed by atoms with E-state index in [2.05, 4.69) is 5.32 Å². The number of hydrogen-bond donors (Lipinski definition) is 3.